The molecule has 2 aromatic heterocycles. The van der Waals surface area contributed by atoms with E-state index in [0.717, 1.165) is 11.4 Å². The molecule has 4 rings (SSSR count). The molecule has 0 spiro atoms. The molecule has 2 amide bonds. The summed E-state index contributed by atoms with van der Waals surface area (Å²) < 4.78 is 15.8. The van der Waals surface area contributed by atoms with Crippen molar-refractivity contribution in [2.24, 2.45) is 5.92 Å². The van der Waals surface area contributed by atoms with E-state index in [9.17, 15) is 14.0 Å². The minimum atomic E-state index is -0.400. The number of nitrogens with one attached hydrogen (secondary N) is 2. The number of amides is 2. The lowest BCUT2D eigenvalue weighted by atomic mass is 9.98. The molecule has 1 fully saturated rings. The Balaban J connectivity index is 1.29. The standard InChI is InChI=1S/C22H25FN6O2/c1-13-8-15(3)29(27-13)10-14(2)24-21(30)16-11-28(12-16)22(31)20-9-19(25-26-20)17-6-4-5-7-18(17)23/h4-9,14,16H,10-12H2,1-3H3,(H,24,30)(H,25,26). The first-order valence-electron chi connectivity index (χ1n) is 10.2. The Morgan fingerprint density at radius 1 is 1.26 bits per heavy atom. The van der Waals surface area contributed by atoms with Crippen LogP contribution in [0.2, 0.25) is 0 Å². The number of aromatic nitrogens is 4. The van der Waals surface area contributed by atoms with E-state index in [1.54, 1.807) is 23.1 Å². The summed E-state index contributed by atoms with van der Waals surface area (Å²) in [5.41, 5.74) is 2.97. The van der Waals surface area contributed by atoms with E-state index in [2.05, 4.69) is 20.6 Å². The molecule has 162 valence electrons. The van der Waals surface area contributed by atoms with Crippen molar-refractivity contribution in [1.82, 2.24) is 30.2 Å². The van der Waals surface area contributed by atoms with E-state index < -0.39 is 5.82 Å². The molecule has 1 aromatic carbocycles. The van der Waals surface area contributed by atoms with Crippen LogP contribution < -0.4 is 5.32 Å². The molecule has 0 aliphatic carbocycles. The first kappa shape index (κ1) is 20.8. The molecular formula is C22H25FN6O2. The van der Waals surface area contributed by atoms with Gasteiger partial charge in [0.05, 0.1) is 23.9 Å². The molecular weight excluding hydrogens is 399 g/mol. The van der Waals surface area contributed by atoms with Gasteiger partial charge in [0, 0.05) is 30.4 Å². The van der Waals surface area contributed by atoms with E-state index >= 15 is 0 Å². The van der Waals surface area contributed by atoms with Crippen LogP contribution in [0.1, 0.15) is 28.8 Å². The second kappa shape index (κ2) is 8.33. The van der Waals surface area contributed by atoms with Crippen molar-refractivity contribution in [3.63, 3.8) is 0 Å². The maximum absolute atomic E-state index is 13.9. The number of carbonyl (C=O) groups is 2. The Labute approximate surface area is 179 Å². The van der Waals surface area contributed by atoms with Gasteiger partial charge in [-0.05, 0) is 45.0 Å². The summed E-state index contributed by atoms with van der Waals surface area (Å²) in [7, 11) is 0. The van der Waals surface area contributed by atoms with E-state index in [1.807, 2.05) is 31.5 Å². The molecule has 0 saturated carbocycles. The first-order chi connectivity index (χ1) is 14.8. The first-order valence-corrected chi connectivity index (χ1v) is 10.2. The molecule has 1 unspecified atom stereocenters. The molecule has 3 aromatic rings. The quantitative estimate of drug-likeness (QED) is 0.635. The lowest BCUT2D eigenvalue weighted by Crippen LogP contribution is -2.57. The number of H-pyrrole nitrogens is 1. The third-order valence-corrected chi connectivity index (χ3v) is 5.44. The summed E-state index contributed by atoms with van der Waals surface area (Å²) in [6, 6.07) is 9.72. The number of aryl methyl sites for hydroxylation is 2. The summed E-state index contributed by atoms with van der Waals surface area (Å²) in [4.78, 5) is 26.7. The zero-order valence-electron chi connectivity index (χ0n) is 17.7. The number of nitrogens with zero attached hydrogens (tertiary/aromatic N) is 4. The monoisotopic (exact) mass is 424 g/mol. The molecule has 1 atom stereocenters. The van der Waals surface area contributed by atoms with Crippen LogP contribution in [0.15, 0.2) is 36.4 Å². The molecule has 9 heteroatoms. The lowest BCUT2D eigenvalue weighted by Gasteiger charge is -2.38. The Hall–Kier alpha value is -3.49. The molecule has 2 N–H and O–H groups in total. The van der Waals surface area contributed by atoms with Gasteiger partial charge in [-0.25, -0.2) is 4.39 Å². The highest BCUT2D eigenvalue weighted by Crippen LogP contribution is 2.23. The number of halogens is 1. The second-order valence-corrected chi connectivity index (χ2v) is 8.07. The molecule has 1 aliphatic heterocycles. The van der Waals surface area contributed by atoms with Crippen molar-refractivity contribution < 1.29 is 14.0 Å². The van der Waals surface area contributed by atoms with E-state index in [4.69, 9.17) is 0 Å². The molecule has 8 nitrogen and oxygen atoms in total. The normalized spacial score (nSPS) is 14.9. The third kappa shape index (κ3) is 4.35. The molecule has 3 heterocycles. The summed E-state index contributed by atoms with van der Waals surface area (Å²) in [6.45, 7) is 7.12. The number of carbonyl (C=O) groups excluding carboxylic acids is 2. The largest absolute Gasteiger partial charge is 0.351 e. The SMILES string of the molecule is Cc1cc(C)n(CC(C)NC(=O)C2CN(C(=O)c3cc(-c4ccccc4F)n[nH]3)C2)n1. The van der Waals surface area contributed by atoms with E-state index in [-0.39, 0.29) is 29.5 Å². The zero-order chi connectivity index (χ0) is 22.1. The maximum Gasteiger partial charge on any atom is 0.271 e. The predicted octanol–water partition coefficient (Wildman–Crippen LogP) is 2.31. The number of hydrogen-bond donors (Lipinski definition) is 2. The minimum absolute atomic E-state index is 0.0743. The van der Waals surface area contributed by atoms with Gasteiger partial charge in [0.25, 0.3) is 5.91 Å². The lowest BCUT2D eigenvalue weighted by molar-refractivity contribution is -0.129. The summed E-state index contributed by atoms with van der Waals surface area (Å²) >= 11 is 0. The highest BCUT2D eigenvalue weighted by atomic mass is 19.1. The van der Waals surface area contributed by atoms with E-state index in [0.29, 0.717) is 30.9 Å². The van der Waals surface area contributed by atoms with Crippen LogP contribution in [0.5, 0.6) is 0 Å². The van der Waals surface area contributed by atoms with Gasteiger partial charge in [0.15, 0.2) is 0 Å². The van der Waals surface area contributed by atoms with Gasteiger partial charge < -0.3 is 10.2 Å². The highest BCUT2D eigenvalue weighted by molar-refractivity contribution is 5.95. The van der Waals surface area contributed by atoms with Gasteiger partial charge in [0.1, 0.15) is 11.5 Å². The van der Waals surface area contributed by atoms with Crippen LogP contribution in [0.25, 0.3) is 11.3 Å². The molecule has 1 aliphatic rings. The molecule has 1 saturated heterocycles. The average Bonchev–Trinajstić information content (AvgIpc) is 3.27. The van der Waals surface area contributed by atoms with Crippen LogP contribution >= 0.6 is 0 Å². The Morgan fingerprint density at radius 3 is 2.68 bits per heavy atom. The topological polar surface area (TPSA) is 95.9 Å². The Kier molecular flexibility index (Phi) is 5.58. The van der Waals surface area contributed by atoms with Gasteiger partial charge in [-0.2, -0.15) is 10.2 Å². The fraction of sp³-hybridized carbons (Fsp3) is 0.364. The van der Waals surface area contributed by atoms with Crippen LogP contribution in [-0.2, 0) is 11.3 Å². The van der Waals surface area contributed by atoms with Crippen molar-refractivity contribution in [3.05, 3.63) is 59.3 Å². The van der Waals surface area contributed by atoms with E-state index in [1.165, 1.54) is 12.1 Å². The van der Waals surface area contributed by atoms with Crippen molar-refractivity contribution in [2.75, 3.05) is 13.1 Å². The van der Waals surface area contributed by atoms with Crippen molar-refractivity contribution in [3.8, 4) is 11.3 Å². The Morgan fingerprint density at radius 2 is 2.00 bits per heavy atom. The zero-order valence-corrected chi connectivity index (χ0v) is 17.7. The smallest absolute Gasteiger partial charge is 0.271 e. The van der Waals surface area contributed by atoms with Gasteiger partial charge in [0.2, 0.25) is 5.91 Å². The predicted molar refractivity (Wildman–Crippen MR) is 113 cm³/mol. The fourth-order valence-corrected chi connectivity index (χ4v) is 3.74. The third-order valence-electron chi connectivity index (χ3n) is 5.44. The van der Waals surface area contributed by atoms with Crippen molar-refractivity contribution in [1.29, 1.82) is 0 Å². The van der Waals surface area contributed by atoms with Crippen LogP contribution in [-0.4, -0.2) is 55.8 Å². The van der Waals surface area contributed by atoms with Crippen LogP contribution in [0.3, 0.4) is 0 Å². The van der Waals surface area contributed by atoms with Gasteiger partial charge in [-0.15, -0.1) is 0 Å². The minimum Gasteiger partial charge on any atom is -0.351 e. The van der Waals surface area contributed by atoms with Crippen LogP contribution in [0, 0.1) is 25.6 Å². The van der Waals surface area contributed by atoms with Gasteiger partial charge in [-0.3, -0.25) is 19.4 Å². The van der Waals surface area contributed by atoms with Gasteiger partial charge in [-0.1, -0.05) is 12.1 Å². The second-order valence-electron chi connectivity index (χ2n) is 8.07. The van der Waals surface area contributed by atoms with Crippen molar-refractivity contribution >= 4 is 11.8 Å². The summed E-state index contributed by atoms with van der Waals surface area (Å²) in [5.74, 6) is -0.978. The average molecular weight is 424 g/mol. The number of benzene rings is 1. The van der Waals surface area contributed by atoms with Gasteiger partial charge >= 0.3 is 0 Å². The highest BCUT2D eigenvalue weighted by Gasteiger charge is 2.37. The summed E-state index contributed by atoms with van der Waals surface area (Å²) in [5, 5.41) is 14.1. The molecule has 0 bridgehead atoms. The fourth-order valence-electron chi connectivity index (χ4n) is 3.74. The Bertz CT molecular complexity index is 1110. The van der Waals surface area contributed by atoms with Crippen molar-refractivity contribution in [2.45, 2.75) is 33.4 Å². The molecule has 0 radical (unpaired) electrons. The number of aromatic amines is 1. The number of rotatable bonds is 6. The number of likely N-dealkylation sites (tertiary alicyclic amines) is 1. The number of hydrogen-bond acceptors (Lipinski definition) is 4. The summed E-state index contributed by atoms with van der Waals surface area (Å²) in [6.07, 6.45) is 0. The maximum atomic E-state index is 13.9. The van der Waals surface area contributed by atoms with Crippen LogP contribution in [0.4, 0.5) is 4.39 Å². The molecule has 31 heavy (non-hydrogen) atoms.